The Morgan fingerprint density at radius 2 is 1.02 bits per heavy atom. The van der Waals surface area contributed by atoms with Crippen LogP contribution in [0, 0.1) is 23.7 Å². The van der Waals surface area contributed by atoms with Crippen LogP contribution in [0.5, 0.6) is 0 Å². The summed E-state index contributed by atoms with van der Waals surface area (Å²) in [5.41, 5.74) is 4.97. The quantitative estimate of drug-likeness (QED) is 0.0292. The molecule has 6 aromatic rings. The van der Waals surface area contributed by atoms with E-state index in [-0.39, 0.29) is 22.9 Å². The zero-order valence-corrected chi connectivity index (χ0v) is 34.7. The van der Waals surface area contributed by atoms with E-state index < -0.39 is 21.8 Å². The zero-order valence-electron chi connectivity index (χ0n) is 33.1. The topological polar surface area (TPSA) is 166 Å². The summed E-state index contributed by atoms with van der Waals surface area (Å²) in [6.45, 7) is 2.00. The normalized spacial score (nSPS) is 10.3. The van der Waals surface area contributed by atoms with Gasteiger partial charge in [-0.2, -0.15) is 5.90 Å². The molecule has 0 saturated heterocycles. The van der Waals surface area contributed by atoms with Gasteiger partial charge in [-0.05, 0) is 103 Å². The Balaban J connectivity index is 0.000000237. The van der Waals surface area contributed by atoms with Crippen molar-refractivity contribution >= 4 is 51.2 Å². The van der Waals surface area contributed by atoms with Gasteiger partial charge in [0.15, 0.2) is 0 Å². The van der Waals surface area contributed by atoms with Crippen LogP contribution in [0.4, 0.5) is 11.4 Å². The first-order chi connectivity index (χ1) is 29.6. The average Bonchev–Trinajstić information content (AvgIpc) is 3.28. The fourth-order valence-electron chi connectivity index (χ4n) is 5.43. The standard InChI is InChI=1S/C27H26N2O4S.C21H16N2O3S/c1-2-3-5-14-26(30)29-34(32,33)25-13-9-8-12-24(25)28-27(31)23-19-17-22(18-20-23)16-15-21-10-6-4-7-11-21;22-25-26-27-20-9-5-4-8-19(20)23-21(24)18-14-12-17(13-15-18)11-10-16-6-2-1-3-7-16/h4,6-13,17-20H,2-3,5,14H2,1H3,(H,28,31)(H,29,30);1-9,12-15H,22H2,(H,23,24). The summed E-state index contributed by atoms with van der Waals surface area (Å²) < 4.78 is 32.2. The predicted molar refractivity (Wildman–Crippen MR) is 238 cm³/mol. The smallest absolute Gasteiger partial charge is 0.266 e. The summed E-state index contributed by atoms with van der Waals surface area (Å²) in [5, 5.41) is 5.47. The molecule has 3 amide bonds. The van der Waals surface area contributed by atoms with Gasteiger partial charge in [0.1, 0.15) is 4.90 Å². The Bertz CT molecular complexity index is 2640. The molecule has 0 heterocycles. The second kappa shape index (κ2) is 23.6. The number of nitrogens with one attached hydrogen (secondary N) is 3. The van der Waals surface area contributed by atoms with Crippen molar-refractivity contribution < 1.29 is 32.1 Å². The number of amides is 3. The molecule has 0 spiro atoms. The fraction of sp³-hybridized carbons (Fsp3) is 0.104. The van der Waals surface area contributed by atoms with Crippen molar-refractivity contribution in [3.05, 3.63) is 191 Å². The molecule has 308 valence electrons. The molecule has 0 saturated carbocycles. The zero-order chi connectivity index (χ0) is 43.3. The maximum absolute atomic E-state index is 12.8. The highest BCUT2D eigenvalue weighted by atomic mass is 32.2. The number of rotatable bonds is 13. The number of benzene rings is 6. The first-order valence-corrected chi connectivity index (χ1v) is 21.3. The summed E-state index contributed by atoms with van der Waals surface area (Å²) in [4.78, 5) is 41.9. The molecule has 0 bridgehead atoms. The van der Waals surface area contributed by atoms with Crippen LogP contribution < -0.4 is 21.3 Å². The molecule has 6 aromatic carbocycles. The summed E-state index contributed by atoms with van der Waals surface area (Å²) in [6.07, 6.45) is 2.51. The van der Waals surface area contributed by atoms with E-state index in [9.17, 15) is 22.8 Å². The number of unbranched alkanes of at least 4 members (excludes halogenated alkanes) is 2. The van der Waals surface area contributed by atoms with Crippen LogP contribution in [-0.2, 0) is 24.1 Å². The van der Waals surface area contributed by atoms with Crippen molar-refractivity contribution in [3.8, 4) is 23.7 Å². The highest BCUT2D eigenvalue weighted by Gasteiger charge is 2.22. The monoisotopic (exact) mass is 850 g/mol. The molecule has 0 atom stereocenters. The minimum absolute atomic E-state index is 0.0919. The molecule has 5 N–H and O–H groups in total. The molecular weight excluding hydrogens is 809 g/mol. The first-order valence-electron chi connectivity index (χ1n) is 19.1. The number of carbonyl (C=O) groups is 3. The van der Waals surface area contributed by atoms with Gasteiger partial charge < -0.3 is 10.6 Å². The van der Waals surface area contributed by atoms with Gasteiger partial charge in [0.25, 0.3) is 21.8 Å². The minimum Gasteiger partial charge on any atom is -0.321 e. The molecule has 0 aromatic heterocycles. The second-order valence-corrected chi connectivity index (χ2v) is 15.4. The molecule has 61 heavy (non-hydrogen) atoms. The number of carbonyl (C=O) groups excluding carboxylic acids is 3. The van der Waals surface area contributed by atoms with Crippen LogP contribution in [0.2, 0.25) is 0 Å². The summed E-state index contributed by atoms with van der Waals surface area (Å²) >= 11 is 0.911. The highest BCUT2D eigenvalue weighted by molar-refractivity contribution is 7.94. The summed E-state index contributed by atoms with van der Waals surface area (Å²) in [5.74, 6) is 15.8. The van der Waals surface area contributed by atoms with Gasteiger partial charge >= 0.3 is 0 Å². The molecule has 0 aliphatic heterocycles. The third-order valence-electron chi connectivity index (χ3n) is 8.52. The van der Waals surface area contributed by atoms with E-state index in [0.29, 0.717) is 28.1 Å². The van der Waals surface area contributed by atoms with Crippen molar-refractivity contribution in [2.45, 2.75) is 42.4 Å². The van der Waals surface area contributed by atoms with E-state index in [1.54, 1.807) is 54.6 Å². The minimum atomic E-state index is -4.13. The van der Waals surface area contributed by atoms with Crippen LogP contribution in [0.25, 0.3) is 0 Å². The predicted octanol–water partition coefficient (Wildman–Crippen LogP) is 8.89. The van der Waals surface area contributed by atoms with Crippen LogP contribution in [0.1, 0.15) is 75.6 Å². The summed E-state index contributed by atoms with van der Waals surface area (Å²) in [7, 11) is -4.13. The van der Waals surface area contributed by atoms with Gasteiger partial charge in [-0.15, -0.1) is 9.32 Å². The Kier molecular flexibility index (Phi) is 17.4. The Morgan fingerprint density at radius 1 is 0.574 bits per heavy atom. The van der Waals surface area contributed by atoms with Gasteiger partial charge in [0.2, 0.25) is 5.91 Å². The molecule has 6 rings (SSSR count). The molecule has 0 aliphatic carbocycles. The largest absolute Gasteiger partial charge is 0.321 e. The second-order valence-electron chi connectivity index (χ2n) is 13.0. The SMILES string of the molecule is CCCCCC(=O)NS(=O)(=O)c1ccccc1NC(=O)c1ccc(C#Cc2ccccc2)cc1.NOOSc1ccccc1NC(=O)c1ccc(C#Cc2ccccc2)cc1. The van der Waals surface area contributed by atoms with Crippen molar-refractivity contribution in [2.75, 3.05) is 10.6 Å². The van der Waals surface area contributed by atoms with Crippen molar-refractivity contribution in [3.63, 3.8) is 0 Å². The maximum Gasteiger partial charge on any atom is 0.266 e. The molecule has 0 aliphatic rings. The first kappa shape index (κ1) is 45.1. The number of hydrogen-bond donors (Lipinski definition) is 4. The Hall–Kier alpha value is -6.97. The average molecular weight is 851 g/mol. The van der Waals surface area contributed by atoms with Crippen LogP contribution >= 0.6 is 12.0 Å². The molecular formula is C48H42N4O7S2. The Morgan fingerprint density at radius 3 is 1.52 bits per heavy atom. The van der Waals surface area contributed by atoms with Gasteiger partial charge in [-0.3, -0.25) is 14.4 Å². The highest BCUT2D eigenvalue weighted by Crippen LogP contribution is 2.28. The lowest BCUT2D eigenvalue weighted by molar-refractivity contribution is -0.195. The van der Waals surface area contributed by atoms with Gasteiger partial charge in [0.05, 0.1) is 28.3 Å². The van der Waals surface area contributed by atoms with Crippen molar-refractivity contribution in [2.24, 2.45) is 5.90 Å². The van der Waals surface area contributed by atoms with E-state index in [4.69, 9.17) is 5.90 Å². The van der Waals surface area contributed by atoms with Gasteiger partial charge in [-0.25, -0.2) is 13.1 Å². The fourth-order valence-corrected chi connectivity index (χ4v) is 7.06. The molecule has 0 unspecified atom stereocenters. The lowest BCUT2D eigenvalue weighted by Gasteiger charge is -2.12. The third kappa shape index (κ3) is 14.7. The number of hydrogen-bond acceptors (Lipinski definition) is 9. The van der Waals surface area contributed by atoms with E-state index >= 15 is 0 Å². The van der Waals surface area contributed by atoms with Gasteiger partial charge in [-0.1, -0.05) is 104 Å². The van der Waals surface area contributed by atoms with Crippen LogP contribution in [0.3, 0.4) is 0 Å². The summed E-state index contributed by atoms with van der Waals surface area (Å²) in [6, 6.07) is 46.2. The van der Waals surface area contributed by atoms with Gasteiger partial charge in [0, 0.05) is 39.8 Å². The lowest BCUT2D eigenvalue weighted by atomic mass is 10.1. The molecule has 0 fully saturated rings. The van der Waals surface area contributed by atoms with Crippen molar-refractivity contribution in [1.82, 2.24) is 4.72 Å². The molecule has 0 radical (unpaired) electrons. The molecule has 11 nitrogen and oxygen atoms in total. The number of anilines is 2. The third-order valence-corrected chi connectivity index (χ3v) is 10.6. The molecule has 13 heteroatoms. The van der Waals surface area contributed by atoms with E-state index in [1.165, 1.54) is 18.2 Å². The number of sulfonamides is 1. The number of para-hydroxylation sites is 2. The van der Waals surface area contributed by atoms with Crippen LogP contribution in [-0.4, -0.2) is 26.1 Å². The Labute approximate surface area is 360 Å². The van der Waals surface area contributed by atoms with Crippen molar-refractivity contribution in [1.29, 1.82) is 0 Å². The maximum atomic E-state index is 12.8. The van der Waals surface area contributed by atoms with E-state index in [2.05, 4.69) is 48.4 Å². The number of nitrogens with two attached hydrogens (primary N) is 1. The lowest BCUT2D eigenvalue weighted by Crippen LogP contribution is -2.31. The van der Waals surface area contributed by atoms with E-state index in [1.807, 2.05) is 91.9 Å². The van der Waals surface area contributed by atoms with E-state index in [0.717, 1.165) is 47.1 Å². The van der Waals surface area contributed by atoms with Crippen LogP contribution in [0.15, 0.2) is 168 Å².